The van der Waals surface area contributed by atoms with Crippen LogP contribution in [-0.2, 0) is 4.79 Å². The highest BCUT2D eigenvalue weighted by atomic mass is 16.4. The van der Waals surface area contributed by atoms with Crippen molar-refractivity contribution in [3.05, 3.63) is 0 Å². The maximum absolute atomic E-state index is 10.9. The first-order valence-corrected chi connectivity index (χ1v) is 11.6. The van der Waals surface area contributed by atoms with E-state index in [4.69, 9.17) is 5.11 Å². The highest BCUT2D eigenvalue weighted by molar-refractivity contribution is 5.66. The Morgan fingerprint density at radius 3 is 2.50 bits per heavy atom. The molecular formula is C24H40O2. The van der Waals surface area contributed by atoms with Crippen molar-refractivity contribution in [1.82, 2.24) is 0 Å². The molecule has 4 fully saturated rings. The lowest BCUT2D eigenvalue weighted by Gasteiger charge is -2.62. The van der Waals surface area contributed by atoms with Gasteiger partial charge in [0.2, 0.25) is 0 Å². The van der Waals surface area contributed by atoms with Crippen molar-refractivity contribution < 1.29 is 9.90 Å². The lowest BCUT2D eigenvalue weighted by molar-refractivity contribution is -0.137. The molecule has 4 aliphatic carbocycles. The van der Waals surface area contributed by atoms with E-state index in [1.54, 1.807) is 0 Å². The molecule has 2 nitrogen and oxygen atoms in total. The maximum Gasteiger partial charge on any atom is 0.303 e. The van der Waals surface area contributed by atoms with Crippen LogP contribution in [0.15, 0.2) is 0 Å². The van der Waals surface area contributed by atoms with Gasteiger partial charge in [-0.3, -0.25) is 4.79 Å². The van der Waals surface area contributed by atoms with E-state index in [0.717, 1.165) is 48.3 Å². The molecule has 148 valence electrons. The largest absolute Gasteiger partial charge is 0.481 e. The monoisotopic (exact) mass is 360 g/mol. The first-order valence-electron chi connectivity index (χ1n) is 11.6. The summed E-state index contributed by atoms with van der Waals surface area (Å²) in [4.78, 5) is 10.9. The zero-order valence-electron chi connectivity index (χ0n) is 17.3. The number of rotatable bonds is 4. The third-order valence-corrected chi connectivity index (χ3v) is 10.1. The lowest BCUT2D eigenvalue weighted by Crippen LogP contribution is -2.55. The van der Waals surface area contributed by atoms with Gasteiger partial charge in [-0.2, -0.15) is 0 Å². The number of carbonyl (C=O) groups is 1. The summed E-state index contributed by atoms with van der Waals surface area (Å²) in [7, 11) is 0. The molecule has 0 saturated heterocycles. The number of aliphatic carboxylic acids is 1. The van der Waals surface area contributed by atoms with Crippen LogP contribution in [0.2, 0.25) is 0 Å². The quantitative estimate of drug-likeness (QED) is 0.618. The Hall–Kier alpha value is -0.530. The van der Waals surface area contributed by atoms with Gasteiger partial charge < -0.3 is 5.11 Å². The topological polar surface area (TPSA) is 37.3 Å². The van der Waals surface area contributed by atoms with Crippen LogP contribution in [0, 0.1) is 46.3 Å². The van der Waals surface area contributed by atoms with Crippen LogP contribution >= 0.6 is 0 Å². The molecule has 0 spiro atoms. The Morgan fingerprint density at radius 1 is 0.962 bits per heavy atom. The van der Waals surface area contributed by atoms with Crippen LogP contribution in [0.1, 0.15) is 97.8 Å². The van der Waals surface area contributed by atoms with E-state index in [-0.39, 0.29) is 0 Å². The third-order valence-electron chi connectivity index (χ3n) is 10.1. The molecule has 4 saturated carbocycles. The second-order valence-electron chi connectivity index (χ2n) is 11.1. The molecule has 0 aromatic heterocycles. The van der Waals surface area contributed by atoms with Gasteiger partial charge in [-0.15, -0.1) is 0 Å². The molecule has 0 heterocycles. The molecule has 6 unspecified atom stereocenters. The standard InChI is InChI=1S/C24H40O2/c1-16-15-18-20-11-10-17(7-6-9-22(25)26)23(20,2)14-12-21(18)24(3)13-5-4-8-19(16)24/h16-21H,4-15H2,1-3H3,(H,25,26)/t16-,17?,18?,19?,20?,21-,23?,24?/m0/s1. The van der Waals surface area contributed by atoms with E-state index < -0.39 is 5.97 Å². The predicted octanol–water partition coefficient (Wildman–Crippen LogP) is 6.54. The SMILES string of the molecule is C[C@H]1CC2C3CCC(CCCC(=O)O)C3(C)CC[C@@H]2C2(C)CCCCC12. The van der Waals surface area contributed by atoms with Crippen LogP contribution in [0.25, 0.3) is 0 Å². The van der Waals surface area contributed by atoms with Crippen LogP contribution in [-0.4, -0.2) is 11.1 Å². The summed E-state index contributed by atoms with van der Waals surface area (Å²) in [5, 5.41) is 9.01. The molecule has 0 bridgehead atoms. The summed E-state index contributed by atoms with van der Waals surface area (Å²) >= 11 is 0. The number of hydrogen-bond acceptors (Lipinski definition) is 1. The summed E-state index contributed by atoms with van der Waals surface area (Å²) < 4.78 is 0. The molecule has 0 aliphatic heterocycles. The normalized spacial score (nSPS) is 50.6. The lowest BCUT2D eigenvalue weighted by atomic mass is 9.43. The van der Waals surface area contributed by atoms with Gasteiger partial charge >= 0.3 is 5.97 Å². The first-order chi connectivity index (χ1) is 12.4. The van der Waals surface area contributed by atoms with Gasteiger partial charge in [-0.25, -0.2) is 0 Å². The highest BCUT2D eigenvalue weighted by Gasteiger charge is 2.60. The van der Waals surface area contributed by atoms with E-state index in [0.29, 0.717) is 17.3 Å². The molecule has 4 rings (SSSR count). The van der Waals surface area contributed by atoms with Gasteiger partial charge in [-0.1, -0.05) is 33.6 Å². The van der Waals surface area contributed by atoms with E-state index in [1.807, 2.05) is 0 Å². The molecule has 1 N–H and O–H groups in total. The van der Waals surface area contributed by atoms with Crippen molar-refractivity contribution in [2.75, 3.05) is 0 Å². The minimum Gasteiger partial charge on any atom is -0.481 e. The number of carboxylic acid groups (broad SMARTS) is 1. The summed E-state index contributed by atoms with van der Waals surface area (Å²) in [6.07, 6.45) is 15.4. The van der Waals surface area contributed by atoms with Crippen molar-refractivity contribution in [1.29, 1.82) is 0 Å². The van der Waals surface area contributed by atoms with Crippen molar-refractivity contribution in [2.45, 2.75) is 97.8 Å². The van der Waals surface area contributed by atoms with Crippen molar-refractivity contribution >= 4 is 5.97 Å². The van der Waals surface area contributed by atoms with E-state index in [2.05, 4.69) is 20.8 Å². The molecular weight excluding hydrogens is 320 g/mol. The van der Waals surface area contributed by atoms with Gasteiger partial charge in [0.25, 0.3) is 0 Å². The zero-order chi connectivity index (χ0) is 18.5. The molecule has 0 aromatic carbocycles. The van der Waals surface area contributed by atoms with Crippen molar-refractivity contribution in [3.63, 3.8) is 0 Å². The third kappa shape index (κ3) is 2.85. The number of hydrogen-bond donors (Lipinski definition) is 1. The van der Waals surface area contributed by atoms with E-state index in [1.165, 1.54) is 57.8 Å². The Kier molecular flexibility index (Phi) is 4.93. The van der Waals surface area contributed by atoms with Gasteiger partial charge in [0.05, 0.1) is 0 Å². The Morgan fingerprint density at radius 2 is 1.73 bits per heavy atom. The molecule has 0 aromatic rings. The minimum atomic E-state index is -0.620. The average molecular weight is 361 g/mol. The number of carboxylic acids is 1. The Balaban J connectivity index is 1.52. The van der Waals surface area contributed by atoms with Crippen LogP contribution in [0.4, 0.5) is 0 Å². The Bertz CT molecular complexity index is 542. The average Bonchev–Trinajstić information content (AvgIpc) is 2.91. The molecule has 26 heavy (non-hydrogen) atoms. The van der Waals surface area contributed by atoms with Crippen molar-refractivity contribution in [3.8, 4) is 0 Å². The fourth-order valence-electron chi connectivity index (χ4n) is 8.89. The second kappa shape index (κ2) is 6.82. The Labute approximate surface area is 160 Å². The van der Waals surface area contributed by atoms with Crippen molar-refractivity contribution in [2.24, 2.45) is 46.3 Å². The second-order valence-corrected chi connectivity index (χ2v) is 11.1. The summed E-state index contributed by atoms with van der Waals surface area (Å²) in [5.41, 5.74) is 1.11. The van der Waals surface area contributed by atoms with Gasteiger partial charge in [0.15, 0.2) is 0 Å². The molecule has 8 atom stereocenters. The predicted molar refractivity (Wildman–Crippen MR) is 106 cm³/mol. The van der Waals surface area contributed by atoms with E-state index in [9.17, 15) is 4.79 Å². The van der Waals surface area contributed by atoms with Gasteiger partial charge in [0.1, 0.15) is 0 Å². The number of fused-ring (bicyclic) bond motifs is 5. The fourth-order valence-corrected chi connectivity index (χ4v) is 8.89. The molecule has 4 aliphatic rings. The van der Waals surface area contributed by atoms with Gasteiger partial charge in [0, 0.05) is 6.42 Å². The fraction of sp³-hybridized carbons (Fsp3) is 0.958. The smallest absolute Gasteiger partial charge is 0.303 e. The molecule has 2 heteroatoms. The molecule has 0 amide bonds. The van der Waals surface area contributed by atoms with Crippen LogP contribution < -0.4 is 0 Å². The highest BCUT2D eigenvalue weighted by Crippen LogP contribution is 2.68. The van der Waals surface area contributed by atoms with E-state index >= 15 is 0 Å². The minimum absolute atomic E-state index is 0.361. The summed E-state index contributed by atoms with van der Waals surface area (Å²) in [6.45, 7) is 7.83. The van der Waals surface area contributed by atoms with Crippen LogP contribution in [0.3, 0.4) is 0 Å². The summed E-state index contributed by atoms with van der Waals surface area (Å²) in [5.74, 6) is 4.89. The van der Waals surface area contributed by atoms with Crippen LogP contribution in [0.5, 0.6) is 0 Å². The zero-order valence-corrected chi connectivity index (χ0v) is 17.3. The first kappa shape index (κ1) is 18.8. The molecule has 0 radical (unpaired) electrons. The van der Waals surface area contributed by atoms with Gasteiger partial charge in [-0.05, 0) is 104 Å². The summed E-state index contributed by atoms with van der Waals surface area (Å²) in [6, 6.07) is 0. The maximum atomic E-state index is 10.9.